The Morgan fingerprint density at radius 2 is 1.85 bits per heavy atom. The zero-order valence-electron chi connectivity index (χ0n) is 19.9. The molecule has 4 rings (SSSR count). The van der Waals surface area contributed by atoms with Crippen molar-refractivity contribution in [3.8, 4) is 0 Å². The molecule has 1 amide bonds. The normalized spacial score (nSPS) is 17.9. The van der Waals surface area contributed by atoms with E-state index in [1.165, 1.54) is 0 Å². The number of amides is 1. The molecular weight excluding hydrogens is 426 g/mol. The van der Waals surface area contributed by atoms with Crippen LogP contribution in [0.15, 0.2) is 48.7 Å². The van der Waals surface area contributed by atoms with E-state index in [9.17, 15) is 9.90 Å². The van der Waals surface area contributed by atoms with Crippen LogP contribution < -0.4 is 16.0 Å². The highest BCUT2D eigenvalue weighted by atomic mass is 16.3. The van der Waals surface area contributed by atoms with E-state index < -0.39 is 0 Å². The number of fused-ring (bicyclic) bond motifs is 1. The number of unbranched alkanes of at least 4 members (excludes halogenated alkanes) is 1. The van der Waals surface area contributed by atoms with Crippen LogP contribution in [0.1, 0.15) is 61.4 Å². The summed E-state index contributed by atoms with van der Waals surface area (Å²) in [6, 6.07) is 14.3. The number of aliphatic hydroxyl groups excluding tert-OH is 1. The summed E-state index contributed by atoms with van der Waals surface area (Å²) in [5, 5.41) is 21.8. The minimum absolute atomic E-state index is 0.180. The van der Waals surface area contributed by atoms with Crippen molar-refractivity contribution in [2.45, 2.75) is 58.1 Å². The zero-order chi connectivity index (χ0) is 23.8. The second kappa shape index (κ2) is 11.8. The highest BCUT2D eigenvalue weighted by molar-refractivity contribution is 5.99. The van der Waals surface area contributed by atoms with Crippen molar-refractivity contribution in [1.82, 2.24) is 15.3 Å². The summed E-state index contributed by atoms with van der Waals surface area (Å²) in [6.45, 7) is 4.08. The van der Waals surface area contributed by atoms with Crippen molar-refractivity contribution in [3.05, 3.63) is 59.8 Å². The second-order valence-electron chi connectivity index (χ2n) is 9.11. The van der Waals surface area contributed by atoms with Crippen LogP contribution in [-0.4, -0.2) is 40.2 Å². The van der Waals surface area contributed by atoms with E-state index in [2.05, 4.69) is 51.0 Å². The van der Waals surface area contributed by atoms with Gasteiger partial charge in [0.15, 0.2) is 0 Å². The summed E-state index contributed by atoms with van der Waals surface area (Å²) in [4.78, 5) is 22.2. The predicted molar refractivity (Wildman–Crippen MR) is 137 cm³/mol. The first kappa shape index (κ1) is 24.0. The fourth-order valence-corrected chi connectivity index (χ4v) is 4.45. The number of nitrogens with zero attached hydrogens (tertiary/aromatic N) is 2. The standard InChI is InChI=1S/C27H35N5O2/c1-2-3-15-28-27-31-18-24(25(32-27)29-16-19-11-13-22(33)14-12-19)26(34)30-17-21-9-6-8-20-7-4-5-10-23(20)21/h4-10,18-19,22,33H,2-3,11-17H2,1H3,(H,30,34)(H2,28,29,31,32). The maximum absolute atomic E-state index is 13.2. The lowest BCUT2D eigenvalue weighted by Crippen LogP contribution is -2.27. The molecule has 0 saturated heterocycles. The molecule has 1 aromatic heterocycles. The lowest BCUT2D eigenvalue weighted by atomic mass is 9.87. The lowest BCUT2D eigenvalue weighted by molar-refractivity contribution is 0.0951. The number of aliphatic hydroxyl groups is 1. The first-order chi connectivity index (χ1) is 16.6. The molecule has 180 valence electrons. The molecule has 7 nitrogen and oxygen atoms in total. The molecule has 2 aromatic carbocycles. The first-order valence-corrected chi connectivity index (χ1v) is 12.4. The highest BCUT2D eigenvalue weighted by Crippen LogP contribution is 2.25. The Hall–Kier alpha value is -3.19. The first-order valence-electron chi connectivity index (χ1n) is 12.4. The molecular formula is C27H35N5O2. The Morgan fingerprint density at radius 3 is 2.68 bits per heavy atom. The molecule has 7 heteroatoms. The lowest BCUT2D eigenvalue weighted by Gasteiger charge is -2.26. The Balaban J connectivity index is 1.47. The SMILES string of the molecule is CCCCNc1ncc(C(=O)NCc2cccc3ccccc23)c(NCC2CCC(O)CC2)n1. The van der Waals surface area contributed by atoms with Gasteiger partial charge < -0.3 is 21.1 Å². The summed E-state index contributed by atoms with van der Waals surface area (Å²) in [6.07, 6.45) is 7.15. The third-order valence-corrected chi connectivity index (χ3v) is 6.54. The topological polar surface area (TPSA) is 99.2 Å². The van der Waals surface area contributed by atoms with Crippen molar-refractivity contribution in [3.63, 3.8) is 0 Å². The molecule has 0 radical (unpaired) electrons. The number of anilines is 2. The van der Waals surface area contributed by atoms with E-state index in [0.29, 0.717) is 29.8 Å². The van der Waals surface area contributed by atoms with E-state index in [0.717, 1.165) is 68.0 Å². The number of rotatable bonds is 10. The number of benzene rings is 2. The van der Waals surface area contributed by atoms with Crippen molar-refractivity contribution < 1.29 is 9.90 Å². The second-order valence-corrected chi connectivity index (χ2v) is 9.11. The molecule has 1 heterocycles. The quantitative estimate of drug-likeness (QED) is 0.326. The van der Waals surface area contributed by atoms with Crippen LogP contribution in [0.2, 0.25) is 0 Å². The molecule has 1 aliphatic rings. The molecule has 0 unspecified atom stereocenters. The fraction of sp³-hybridized carbons (Fsp3) is 0.444. The van der Waals surface area contributed by atoms with Gasteiger partial charge in [-0.25, -0.2) is 4.98 Å². The van der Waals surface area contributed by atoms with Crippen LogP contribution in [0.4, 0.5) is 11.8 Å². The molecule has 0 bridgehead atoms. The minimum atomic E-state index is -0.199. The number of carbonyl (C=O) groups is 1. The van der Waals surface area contributed by atoms with Gasteiger partial charge in [0, 0.05) is 25.8 Å². The number of carbonyl (C=O) groups excluding carboxylic acids is 1. The average Bonchev–Trinajstić information content (AvgIpc) is 2.87. The van der Waals surface area contributed by atoms with Gasteiger partial charge in [0.25, 0.3) is 5.91 Å². The van der Waals surface area contributed by atoms with Crippen molar-refractivity contribution in [2.24, 2.45) is 5.92 Å². The number of aromatic nitrogens is 2. The van der Waals surface area contributed by atoms with Crippen molar-refractivity contribution in [1.29, 1.82) is 0 Å². The van der Waals surface area contributed by atoms with Crippen molar-refractivity contribution in [2.75, 3.05) is 23.7 Å². The molecule has 4 N–H and O–H groups in total. The van der Waals surface area contributed by atoms with E-state index in [1.54, 1.807) is 6.20 Å². The van der Waals surface area contributed by atoms with Gasteiger partial charge >= 0.3 is 0 Å². The van der Waals surface area contributed by atoms with Crippen LogP contribution in [0.3, 0.4) is 0 Å². The molecule has 34 heavy (non-hydrogen) atoms. The number of nitrogens with one attached hydrogen (secondary N) is 3. The maximum atomic E-state index is 13.2. The third kappa shape index (κ3) is 6.23. The monoisotopic (exact) mass is 461 g/mol. The van der Waals surface area contributed by atoms with Crippen LogP contribution in [-0.2, 0) is 6.54 Å². The molecule has 1 aliphatic carbocycles. The summed E-state index contributed by atoms with van der Waals surface area (Å²) in [5.41, 5.74) is 1.51. The van der Waals surface area contributed by atoms with E-state index >= 15 is 0 Å². The van der Waals surface area contributed by atoms with Crippen LogP contribution >= 0.6 is 0 Å². The zero-order valence-corrected chi connectivity index (χ0v) is 19.9. The fourth-order valence-electron chi connectivity index (χ4n) is 4.45. The molecule has 0 spiro atoms. The van der Waals surface area contributed by atoms with Crippen LogP contribution in [0.25, 0.3) is 10.8 Å². The predicted octanol–water partition coefficient (Wildman–Crippen LogP) is 4.73. The summed E-state index contributed by atoms with van der Waals surface area (Å²) in [5.74, 6) is 1.34. The van der Waals surface area contributed by atoms with Gasteiger partial charge in [0.1, 0.15) is 11.4 Å². The van der Waals surface area contributed by atoms with E-state index in [-0.39, 0.29) is 12.0 Å². The van der Waals surface area contributed by atoms with Gasteiger partial charge in [-0.05, 0) is 54.4 Å². The molecule has 1 saturated carbocycles. The highest BCUT2D eigenvalue weighted by Gasteiger charge is 2.21. The Kier molecular flexibility index (Phi) is 8.31. The Labute approximate surface area is 201 Å². The summed E-state index contributed by atoms with van der Waals surface area (Å²) >= 11 is 0. The number of hydrogen-bond acceptors (Lipinski definition) is 6. The summed E-state index contributed by atoms with van der Waals surface area (Å²) < 4.78 is 0. The van der Waals surface area contributed by atoms with E-state index in [4.69, 9.17) is 0 Å². The Bertz CT molecular complexity index is 1090. The smallest absolute Gasteiger partial charge is 0.256 e. The van der Waals surface area contributed by atoms with Crippen LogP contribution in [0.5, 0.6) is 0 Å². The maximum Gasteiger partial charge on any atom is 0.256 e. The molecule has 0 atom stereocenters. The van der Waals surface area contributed by atoms with Gasteiger partial charge in [-0.1, -0.05) is 55.8 Å². The molecule has 0 aliphatic heterocycles. The third-order valence-electron chi connectivity index (χ3n) is 6.54. The number of hydrogen-bond donors (Lipinski definition) is 4. The van der Waals surface area contributed by atoms with Gasteiger partial charge in [-0.3, -0.25) is 4.79 Å². The average molecular weight is 462 g/mol. The van der Waals surface area contributed by atoms with Gasteiger partial charge in [0.2, 0.25) is 5.95 Å². The van der Waals surface area contributed by atoms with Crippen LogP contribution in [0, 0.1) is 5.92 Å². The Morgan fingerprint density at radius 1 is 1.06 bits per heavy atom. The molecule has 1 fully saturated rings. The molecule has 3 aromatic rings. The van der Waals surface area contributed by atoms with Gasteiger partial charge in [0.05, 0.1) is 6.10 Å². The largest absolute Gasteiger partial charge is 0.393 e. The van der Waals surface area contributed by atoms with Gasteiger partial charge in [-0.2, -0.15) is 4.98 Å². The summed E-state index contributed by atoms with van der Waals surface area (Å²) in [7, 11) is 0. The minimum Gasteiger partial charge on any atom is -0.393 e. The van der Waals surface area contributed by atoms with Crippen molar-refractivity contribution >= 4 is 28.4 Å². The van der Waals surface area contributed by atoms with E-state index in [1.807, 2.05) is 24.3 Å². The van der Waals surface area contributed by atoms with Gasteiger partial charge in [-0.15, -0.1) is 0 Å².